The standard InChI is InChI=1S/C27H26N8O2/c1-35(2)33-26(32-34-35)19-12-14-21(15-13-19)30-27(37)24-20(17-29-31-24)16-28-23-11-7-6-10-22(23)25(36)18-8-4-3-5-9-18/h3-15,17,25,28,36H,16H2,1-2H3,(H-,29,30,31,33,37)/p+1. The van der Waals surface area contributed by atoms with Crippen molar-refractivity contribution >= 4 is 23.1 Å². The van der Waals surface area contributed by atoms with Crippen LogP contribution in [0.5, 0.6) is 0 Å². The molecule has 10 heteroatoms. The number of aromatic nitrogens is 2. The van der Waals surface area contributed by atoms with Crippen LogP contribution in [0, 0.1) is 0 Å². The highest BCUT2D eigenvalue weighted by molar-refractivity contribution is 6.04. The number of hydrogen-bond donors (Lipinski definition) is 4. The largest absolute Gasteiger partial charge is 0.384 e. The van der Waals surface area contributed by atoms with Crippen LogP contribution in [0.1, 0.15) is 38.8 Å². The Morgan fingerprint density at radius 1 is 1.00 bits per heavy atom. The normalized spacial score (nSPS) is 14.7. The third-order valence-electron chi connectivity index (χ3n) is 5.88. The Morgan fingerprint density at radius 2 is 1.73 bits per heavy atom. The van der Waals surface area contributed by atoms with Crippen molar-refractivity contribution in [3.8, 4) is 0 Å². The Bertz CT molecular complexity index is 1460. The van der Waals surface area contributed by atoms with Gasteiger partial charge in [0, 0.05) is 34.6 Å². The molecule has 186 valence electrons. The van der Waals surface area contributed by atoms with Gasteiger partial charge < -0.3 is 15.7 Å². The average molecular weight is 496 g/mol. The maximum atomic E-state index is 13.0. The van der Waals surface area contributed by atoms with E-state index in [1.807, 2.05) is 80.8 Å². The number of aliphatic hydroxyl groups excluding tert-OH is 1. The van der Waals surface area contributed by atoms with E-state index in [1.54, 1.807) is 18.3 Å². The molecule has 0 spiro atoms. The first-order valence-corrected chi connectivity index (χ1v) is 11.8. The van der Waals surface area contributed by atoms with Crippen LogP contribution in [0.15, 0.2) is 100 Å². The van der Waals surface area contributed by atoms with Crippen LogP contribution >= 0.6 is 0 Å². The fraction of sp³-hybridized carbons (Fsp3) is 0.148. The quantitative estimate of drug-likeness (QED) is 0.269. The topological polar surface area (TPSA) is 127 Å². The van der Waals surface area contributed by atoms with Gasteiger partial charge in [0.05, 0.1) is 11.4 Å². The minimum Gasteiger partial charge on any atom is -0.384 e. The summed E-state index contributed by atoms with van der Waals surface area (Å²) in [6.45, 7) is 0.343. The molecule has 1 amide bonds. The zero-order chi connectivity index (χ0) is 25.8. The lowest BCUT2D eigenvalue weighted by Crippen LogP contribution is -2.23. The predicted octanol–water partition coefficient (Wildman–Crippen LogP) is 4.47. The maximum absolute atomic E-state index is 13.0. The number of para-hydroxylation sites is 1. The van der Waals surface area contributed by atoms with Crippen molar-refractivity contribution in [2.45, 2.75) is 12.6 Å². The number of anilines is 2. The number of amidine groups is 1. The Labute approximate surface area is 213 Å². The number of H-pyrrole nitrogens is 1. The number of aliphatic hydroxyl groups is 1. The fourth-order valence-electron chi connectivity index (χ4n) is 3.98. The van der Waals surface area contributed by atoms with Gasteiger partial charge in [-0.25, -0.2) is 0 Å². The van der Waals surface area contributed by atoms with Gasteiger partial charge in [0.2, 0.25) is 5.84 Å². The van der Waals surface area contributed by atoms with Gasteiger partial charge in [-0.2, -0.15) is 5.10 Å². The first-order valence-electron chi connectivity index (χ1n) is 11.8. The zero-order valence-electron chi connectivity index (χ0n) is 20.5. The first-order chi connectivity index (χ1) is 17.9. The molecule has 37 heavy (non-hydrogen) atoms. The van der Waals surface area contributed by atoms with Gasteiger partial charge in [0.1, 0.15) is 25.9 Å². The van der Waals surface area contributed by atoms with E-state index in [2.05, 4.69) is 36.3 Å². The van der Waals surface area contributed by atoms with Crippen LogP contribution in [0.25, 0.3) is 0 Å². The summed E-state index contributed by atoms with van der Waals surface area (Å²) < 4.78 is 0.0974. The van der Waals surface area contributed by atoms with E-state index in [4.69, 9.17) is 0 Å². The molecule has 0 radical (unpaired) electrons. The number of benzene rings is 3. The molecule has 0 fully saturated rings. The molecule has 4 aromatic rings. The molecule has 0 bridgehead atoms. The summed E-state index contributed by atoms with van der Waals surface area (Å²) in [5.41, 5.74) is 4.81. The van der Waals surface area contributed by atoms with Gasteiger partial charge >= 0.3 is 0 Å². The van der Waals surface area contributed by atoms with Crippen molar-refractivity contribution in [2.75, 3.05) is 24.7 Å². The van der Waals surface area contributed by atoms with Crippen LogP contribution in [-0.4, -0.2) is 45.8 Å². The lowest BCUT2D eigenvalue weighted by Gasteiger charge is -2.17. The summed E-state index contributed by atoms with van der Waals surface area (Å²) in [5, 5.41) is 36.6. The van der Waals surface area contributed by atoms with Gasteiger partial charge in [-0.3, -0.25) is 9.89 Å². The first kappa shape index (κ1) is 24.0. The molecule has 1 aliphatic rings. The Morgan fingerprint density at radius 3 is 2.46 bits per heavy atom. The summed E-state index contributed by atoms with van der Waals surface area (Å²) in [6.07, 6.45) is 0.839. The number of quaternary nitrogens is 1. The highest BCUT2D eigenvalue weighted by Crippen LogP contribution is 2.28. The fourth-order valence-corrected chi connectivity index (χ4v) is 3.98. The molecule has 1 atom stereocenters. The van der Waals surface area contributed by atoms with E-state index in [-0.39, 0.29) is 10.6 Å². The van der Waals surface area contributed by atoms with Gasteiger partial charge in [-0.1, -0.05) is 58.3 Å². The Kier molecular flexibility index (Phi) is 6.59. The monoisotopic (exact) mass is 495 g/mol. The molecular formula is C27H27N8O2+. The van der Waals surface area contributed by atoms with Crippen molar-refractivity contribution in [3.05, 3.63) is 113 Å². The van der Waals surface area contributed by atoms with Gasteiger partial charge in [0.25, 0.3) is 5.91 Å². The molecule has 0 aliphatic carbocycles. The SMILES string of the molecule is C[N+]1(C)N=NC(c2ccc(NC(=O)c3[nH]ncc3CNc3ccccc3C(O)c3ccccc3)cc2)=N1. The summed E-state index contributed by atoms with van der Waals surface area (Å²) in [4.78, 5) is 13.0. The molecule has 0 saturated carbocycles. The highest BCUT2D eigenvalue weighted by Gasteiger charge is 2.24. The van der Waals surface area contributed by atoms with Gasteiger partial charge in [-0.05, 0) is 41.0 Å². The van der Waals surface area contributed by atoms with Crippen molar-refractivity contribution < 1.29 is 14.6 Å². The van der Waals surface area contributed by atoms with Crippen molar-refractivity contribution in [3.63, 3.8) is 0 Å². The number of rotatable bonds is 8. The summed E-state index contributed by atoms with van der Waals surface area (Å²) in [7, 11) is 3.65. The molecule has 4 N–H and O–H groups in total. The molecule has 5 rings (SSSR count). The number of amides is 1. The van der Waals surface area contributed by atoms with Crippen LogP contribution in [-0.2, 0) is 6.54 Å². The Hall–Kier alpha value is -4.67. The minimum atomic E-state index is -0.776. The maximum Gasteiger partial charge on any atom is 0.274 e. The number of carbonyl (C=O) groups is 1. The molecule has 2 heterocycles. The molecule has 10 nitrogen and oxygen atoms in total. The van der Waals surface area contributed by atoms with Gasteiger partial charge in [0.15, 0.2) is 0 Å². The van der Waals surface area contributed by atoms with Crippen LogP contribution in [0.4, 0.5) is 11.4 Å². The zero-order valence-corrected chi connectivity index (χ0v) is 20.5. The van der Waals surface area contributed by atoms with E-state index in [0.29, 0.717) is 29.3 Å². The minimum absolute atomic E-state index is 0.0974. The average Bonchev–Trinajstić information content (AvgIpc) is 3.54. The predicted molar refractivity (Wildman–Crippen MR) is 141 cm³/mol. The second-order valence-corrected chi connectivity index (χ2v) is 9.01. The van der Waals surface area contributed by atoms with E-state index < -0.39 is 6.10 Å². The van der Waals surface area contributed by atoms with E-state index in [0.717, 1.165) is 22.4 Å². The number of nitrogens with one attached hydrogen (secondary N) is 3. The molecule has 1 aromatic heterocycles. The number of nitrogens with zero attached hydrogens (tertiary/aromatic N) is 5. The molecular weight excluding hydrogens is 468 g/mol. The van der Waals surface area contributed by atoms with Crippen LogP contribution in [0.2, 0.25) is 0 Å². The van der Waals surface area contributed by atoms with E-state index in [9.17, 15) is 9.90 Å². The molecule has 1 aliphatic heterocycles. The second-order valence-electron chi connectivity index (χ2n) is 9.01. The lowest BCUT2D eigenvalue weighted by atomic mass is 10.00. The number of aromatic amines is 1. The Balaban J connectivity index is 1.26. The highest BCUT2D eigenvalue weighted by atomic mass is 16.3. The van der Waals surface area contributed by atoms with E-state index in [1.165, 1.54) is 0 Å². The van der Waals surface area contributed by atoms with Crippen LogP contribution in [0.3, 0.4) is 0 Å². The number of hydrogen-bond acceptors (Lipinski definition) is 7. The van der Waals surface area contributed by atoms with Crippen LogP contribution < -0.4 is 10.6 Å². The third kappa shape index (κ3) is 5.45. The van der Waals surface area contributed by atoms with E-state index >= 15 is 0 Å². The number of carbonyl (C=O) groups excluding carboxylic acids is 1. The van der Waals surface area contributed by atoms with Crippen molar-refractivity contribution in [2.24, 2.45) is 15.4 Å². The van der Waals surface area contributed by atoms with Crippen molar-refractivity contribution in [1.82, 2.24) is 10.2 Å². The molecule has 0 saturated heterocycles. The second kappa shape index (κ2) is 10.1. The summed E-state index contributed by atoms with van der Waals surface area (Å²) >= 11 is 0. The lowest BCUT2D eigenvalue weighted by molar-refractivity contribution is -0.904. The smallest absolute Gasteiger partial charge is 0.274 e. The summed E-state index contributed by atoms with van der Waals surface area (Å²) in [5.74, 6) is 0.234. The van der Waals surface area contributed by atoms with Crippen molar-refractivity contribution in [1.29, 1.82) is 0 Å². The summed E-state index contributed by atoms with van der Waals surface area (Å²) in [6, 6.07) is 24.3. The molecule has 3 aromatic carbocycles. The molecule has 1 unspecified atom stereocenters. The van der Waals surface area contributed by atoms with Gasteiger partial charge in [-0.15, -0.1) is 0 Å². The third-order valence-corrected chi connectivity index (χ3v) is 5.88.